The van der Waals surface area contributed by atoms with Crippen LogP contribution in [0.4, 0.5) is 0 Å². The van der Waals surface area contributed by atoms with Crippen LogP contribution < -0.4 is 5.73 Å². The molecule has 110 valence electrons. The van der Waals surface area contributed by atoms with Gasteiger partial charge in [-0.05, 0) is 36.8 Å². The smallest absolute Gasteiger partial charge is 0.0674 e. The largest absolute Gasteiger partial charge is 0.377 e. The van der Waals surface area contributed by atoms with Crippen LogP contribution in [0.2, 0.25) is 0 Å². The number of hydrogen-bond donors (Lipinski definition) is 1. The van der Waals surface area contributed by atoms with E-state index < -0.39 is 0 Å². The van der Waals surface area contributed by atoms with Crippen molar-refractivity contribution in [3.8, 4) is 0 Å². The molecule has 0 bridgehead atoms. The number of hydrogen-bond acceptors (Lipinski definition) is 3. The van der Waals surface area contributed by atoms with Gasteiger partial charge in [0.2, 0.25) is 0 Å². The number of nitrogens with zero attached hydrogens (tertiary/aromatic N) is 1. The van der Waals surface area contributed by atoms with Crippen molar-refractivity contribution in [2.45, 2.75) is 50.8 Å². The first-order chi connectivity index (χ1) is 9.66. The predicted molar refractivity (Wildman–Crippen MR) is 81.8 cm³/mol. The molecule has 0 radical (unpaired) electrons. The molecule has 1 aromatic carbocycles. The Balaban J connectivity index is 1.84. The maximum Gasteiger partial charge on any atom is 0.0674 e. The fraction of sp³-hybridized carbons (Fsp3) is 0.647. The Labute approximate surface area is 122 Å². The second kappa shape index (κ2) is 5.84. The second-order valence-corrected chi connectivity index (χ2v) is 6.39. The molecule has 0 amide bonds. The van der Waals surface area contributed by atoms with Gasteiger partial charge in [0.05, 0.1) is 6.10 Å². The van der Waals surface area contributed by atoms with Crippen molar-refractivity contribution >= 4 is 0 Å². The van der Waals surface area contributed by atoms with Crippen LogP contribution in [0.5, 0.6) is 0 Å². The molecule has 1 fully saturated rings. The van der Waals surface area contributed by atoms with E-state index in [0.717, 1.165) is 32.5 Å². The van der Waals surface area contributed by atoms with Crippen molar-refractivity contribution < 1.29 is 4.74 Å². The summed E-state index contributed by atoms with van der Waals surface area (Å²) in [6.45, 7) is 7.50. The van der Waals surface area contributed by atoms with Gasteiger partial charge in [0.15, 0.2) is 0 Å². The van der Waals surface area contributed by atoms with Crippen LogP contribution >= 0.6 is 0 Å². The Morgan fingerprint density at radius 3 is 2.75 bits per heavy atom. The lowest BCUT2D eigenvalue weighted by atomic mass is 9.77. The molecule has 3 rings (SSSR count). The Kier molecular flexibility index (Phi) is 4.11. The molecule has 1 aromatic rings. The molecular weight excluding hydrogens is 248 g/mol. The summed E-state index contributed by atoms with van der Waals surface area (Å²) in [6.07, 6.45) is 2.59. The molecule has 1 saturated heterocycles. The van der Waals surface area contributed by atoms with Crippen molar-refractivity contribution in [1.29, 1.82) is 0 Å². The third-order valence-corrected chi connectivity index (χ3v) is 4.85. The lowest BCUT2D eigenvalue weighted by molar-refractivity contribution is 0.0546. The number of fused-ring (bicyclic) bond motifs is 1. The molecule has 1 aliphatic carbocycles. The fourth-order valence-electron chi connectivity index (χ4n) is 3.81. The van der Waals surface area contributed by atoms with Crippen LogP contribution in [0.15, 0.2) is 24.3 Å². The molecule has 2 aliphatic rings. The van der Waals surface area contributed by atoms with Crippen LogP contribution in [0.1, 0.15) is 49.8 Å². The highest BCUT2D eigenvalue weighted by Crippen LogP contribution is 2.38. The normalized spacial score (nSPS) is 35.4. The zero-order valence-corrected chi connectivity index (χ0v) is 12.6. The van der Waals surface area contributed by atoms with Gasteiger partial charge >= 0.3 is 0 Å². The third-order valence-electron chi connectivity index (χ3n) is 4.85. The monoisotopic (exact) mass is 274 g/mol. The Morgan fingerprint density at radius 1 is 1.20 bits per heavy atom. The van der Waals surface area contributed by atoms with E-state index in [2.05, 4.69) is 43.0 Å². The van der Waals surface area contributed by atoms with Crippen LogP contribution in [0.25, 0.3) is 0 Å². The minimum Gasteiger partial charge on any atom is -0.377 e. The molecule has 4 unspecified atom stereocenters. The molecule has 3 nitrogen and oxygen atoms in total. The van der Waals surface area contributed by atoms with Crippen molar-refractivity contribution in [3.63, 3.8) is 0 Å². The average molecular weight is 274 g/mol. The molecular formula is C17H26N2O. The second-order valence-electron chi connectivity index (χ2n) is 6.39. The first kappa shape index (κ1) is 14.1. The maximum atomic E-state index is 6.60. The van der Waals surface area contributed by atoms with Crippen molar-refractivity contribution in [1.82, 2.24) is 4.90 Å². The quantitative estimate of drug-likeness (QED) is 0.855. The average Bonchev–Trinajstić information content (AvgIpc) is 2.67. The van der Waals surface area contributed by atoms with E-state index >= 15 is 0 Å². The van der Waals surface area contributed by atoms with E-state index in [1.165, 1.54) is 11.1 Å². The van der Waals surface area contributed by atoms with Crippen molar-refractivity contribution in [2.24, 2.45) is 5.73 Å². The van der Waals surface area contributed by atoms with E-state index in [4.69, 9.17) is 10.5 Å². The van der Waals surface area contributed by atoms with Gasteiger partial charge in [0.25, 0.3) is 0 Å². The molecule has 1 heterocycles. The van der Waals surface area contributed by atoms with Gasteiger partial charge in [-0.2, -0.15) is 0 Å². The van der Waals surface area contributed by atoms with Gasteiger partial charge in [-0.15, -0.1) is 0 Å². The maximum absolute atomic E-state index is 6.60. The van der Waals surface area contributed by atoms with Crippen molar-refractivity contribution in [2.75, 3.05) is 19.7 Å². The minimum atomic E-state index is 0.132. The molecule has 0 aromatic heterocycles. The first-order valence-corrected chi connectivity index (χ1v) is 7.87. The van der Waals surface area contributed by atoms with Gasteiger partial charge < -0.3 is 10.5 Å². The zero-order valence-electron chi connectivity index (χ0n) is 12.6. The Morgan fingerprint density at radius 2 is 1.95 bits per heavy atom. The number of nitrogens with two attached hydrogens (primary N) is 1. The number of ether oxygens (including phenoxy) is 1. The molecule has 1 aliphatic heterocycles. The summed E-state index contributed by atoms with van der Waals surface area (Å²) in [6, 6.07) is 9.27. The molecule has 4 atom stereocenters. The van der Waals surface area contributed by atoms with Crippen LogP contribution in [-0.2, 0) is 4.74 Å². The van der Waals surface area contributed by atoms with Crippen LogP contribution in [-0.4, -0.2) is 36.7 Å². The summed E-state index contributed by atoms with van der Waals surface area (Å²) in [5, 5.41) is 0. The lowest BCUT2D eigenvalue weighted by Gasteiger charge is -2.41. The number of rotatable bonds is 1. The Bertz CT molecular complexity index is 462. The molecule has 3 heteroatoms. The van der Waals surface area contributed by atoms with E-state index in [9.17, 15) is 0 Å². The van der Waals surface area contributed by atoms with Gasteiger partial charge in [0, 0.05) is 31.8 Å². The Hall–Kier alpha value is -0.900. The fourth-order valence-corrected chi connectivity index (χ4v) is 3.81. The predicted octanol–water partition coefficient (Wildman–Crippen LogP) is 2.67. The van der Waals surface area contributed by atoms with E-state index in [1.807, 2.05) is 0 Å². The highest BCUT2D eigenvalue weighted by Gasteiger charge is 2.35. The SMILES string of the molecule is CC1CN(C2CC(C)c3ccccc3C2N)CCCO1. The molecule has 2 N–H and O–H groups in total. The summed E-state index contributed by atoms with van der Waals surface area (Å²) < 4.78 is 5.77. The zero-order chi connectivity index (χ0) is 14.1. The first-order valence-electron chi connectivity index (χ1n) is 7.87. The van der Waals surface area contributed by atoms with Crippen LogP contribution in [0.3, 0.4) is 0 Å². The van der Waals surface area contributed by atoms with Crippen molar-refractivity contribution in [3.05, 3.63) is 35.4 Å². The molecule has 0 spiro atoms. The minimum absolute atomic E-state index is 0.132. The number of benzene rings is 1. The molecule has 20 heavy (non-hydrogen) atoms. The van der Waals surface area contributed by atoms with Gasteiger partial charge in [0.1, 0.15) is 0 Å². The topological polar surface area (TPSA) is 38.5 Å². The summed E-state index contributed by atoms with van der Waals surface area (Å²) in [5.41, 5.74) is 9.38. The highest BCUT2D eigenvalue weighted by molar-refractivity contribution is 5.36. The van der Waals surface area contributed by atoms with Gasteiger partial charge in [-0.1, -0.05) is 31.2 Å². The van der Waals surface area contributed by atoms with Gasteiger partial charge in [-0.3, -0.25) is 4.90 Å². The summed E-state index contributed by atoms with van der Waals surface area (Å²) in [5.74, 6) is 0.593. The molecule has 0 saturated carbocycles. The van der Waals surface area contributed by atoms with Crippen LogP contribution in [0, 0.1) is 0 Å². The standard InChI is InChI=1S/C17H26N2O/c1-12-10-16(19-8-5-9-20-13(2)11-19)17(18)15-7-4-3-6-14(12)15/h3-4,6-7,12-13,16-17H,5,8-11,18H2,1-2H3. The van der Waals surface area contributed by atoms with E-state index in [0.29, 0.717) is 18.1 Å². The van der Waals surface area contributed by atoms with E-state index in [-0.39, 0.29) is 6.04 Å². The highest BCUT2D eigenvalue weighted by atomic mass is 16.5. The lowest BCUT2D eigenvalue weighted by Crippen LogP contribution is -2.48. The van der Waals surface area contributed by atoms with Gasteiger partial charge in [-0.25, -0.2) is 0 Å². The third kappa shape index (κ3) is 2.62. The van der Waals surface area contributed by atoms with E-state index in [1.54, 1.807) is 0 Å². The summed E-state index contributed by atoms with van der Waals surface area (Å²) in [4.78, 5) is 2.56. The summed E-state index contributed by atoms with van der Waals surface area (Å²) in [7, 11) is 0. The summed E-state index contributed by atoms with van der Waals surface area (Å²) >= 11 is 0.